The largest absolute Gasteiger partial charge is 0.397 e. The summed E-state index contributed by atoms with van der Waals surface area (Å²) in [6.07, 6.45) is 1.45. The molecular weight excluding hydrogens is 400 g/mol. The van der Waals surface area contributed by atoms with Gasteiger partial charge in [0.1, 0.15) is 15.5 Å². The van der Waals surface area contributed by atoms with Crippen molar-refractivity contribution in [2.75, 3.05) is 17.2 Å². The van der Waals surface area contributed by atoms with Crippen LogP contribution in [0, 0.1) is 0 Å². The molecule has 0 spiro atoms. The van der Waals surface area contributed by atoms with Crippen LogP contribution in [0.15, 0.2) is 58.5 Å². The van der Waals surface area contributed by atoms with Crippen LogP contribution in [0.5, 0.6) is 0 Å². The second-order valence-corrected chi connectivity index (χ2v) is 10.6. The minimum Gasteiger partial charge on any atom is -0.397 e. The van der Waals surface area contributed by atoms with Crippen LogP contribution in [0.25, 0.3) is 5.52 Å². The Bertz CT molecular complexity index is 1270. The van der Waals surface area contributed by atoms with Crippen LogP contribution in [0.4, 0.5) is 5.69 Å². The number of benzene rings is 1. The fourth-order valence-corrected chi connectivity index (χ4v) is 6.17. The molecule has 3 aromatic rings. The van der Waals surface area contributed by atoms with Crippen LogP contribution in [0.1, 0.15) is 29.9 Å². The van der Waals surface area contributed by atoms with Gasteiger partial charge in [-0.2, -0.15) is 0 Å². The van der Waals surface area contributed by atoms with Crippen molar-refractivity contribution in [1.82, 2.24) is 4.40 Å². The summed E-state index contributed by atoms with van der Waals surface area (Å²) in [5, 5.41) is 0. The molecule has 0 atom stereocenters. The van der Waals surface area contributed by atoms with E-state index in [9.17, 15) is 21.6 Å². The van der Waals surface area contributed by atoms with E-state index < -0.39 is 35.2 Å². The molecule has 0 radical (unpaired) electrons. The fraction of sp³-hybridized carbons (Fsp3) is 0.211. The topological polar surface area (TPSA) is 116 Å². The summed E-state index contributed by atoms with van der Waals surface area (Å²) in [7, 11) is -8.06. The van der Waals surface area contributed by atoms with E-state index in [4.69, 9.17) is 5.73 Å². The van der Waals surface area contributed by atoms with Gasteiger partial charge >= 0.3 is 0 Å². The molecule has 2 N–H and O–H groups in total. The third kappa shape index (κ3) is 3.10. The number of fused-ring (bicyclic) bond motifs is 1. The van der Waals surface area contributed by atoms with Gasteiger partial charge in [-0.25, -0.2) is 16.8 Å². The number of nitrogens with zero attached hydrogens (tertiary/aromatic N) is 1. The van der Waals surface area contributed by atoms with Gasteiger partial charge in [0.25, 0.3) is 0 Å². The smallest absolute Gasteiger partial charge is 0.211 e. The number of nitrogen functional groups attached to an aromatic ring is 1. The van der Waals surface area contributed by atoms with E-state index in [0.29, 0.717) is 0 Å². The summed E-state index contributed by atoms with van der Waals surface area (Å²) in [5.41, 5.74) is 6.14. The van der Waals surface area contributed by atoms with E-state index in [1.807, 2.05) is 0 Å². The molecule has 0 amide bonds. The number of hydrogen-bond donors (Lipinski definition) is 1. The molecule has 0 bridgehead atoms. The maximum Gasteiger partial charge on any atom is 0.211 e. The number of ketones is 1. The predicted octanol–water partition coefficient (Wildman–Crippen LogP) is 2.34. The molecule has 0 saturated heterocycles. The van der Waals surface area contributed by atoms with Gasteiger partial charge in [0.2, 0.25) is 5.78 Å². The monoisotopic (exact) mass is 420 g/mol. The quantitative estimate of drug-likeness (QED) is 0.612. The van der Waals surface area contributed by atoms with Gasteiger partial charge in [-0.3, -0.25) is 4.79 Å². The molecule has 1 aromatic carbocycles. The molecule has 0 aliphatic heterocycles. The SMILES string of the molecule is CCS(=O)(=O)c1c(S(=O)(=O)CC)c2c(N)cccn2c1C(=O)c1ccccc1. The average molecular weight is 421 g/mol. The normalized spacial score (nSPS) is 12.4. The van der Waals surface area contributed by atoms with Crippen LogP contribution in [-0.2, 0) is 19.7 Å². The van der Waals surface area contributed by atoms with E-state index >= 15 is 0 Å². The molecule has 0 saturated carbocycles. The third-order valence-electron chi connectivity index (χ3n) is 4.54. The Kier molecular flexibility index (Phi) is 5.07. The van der Waals surface area contributed by atoms with Gasteiger partial charge in [0, 0.05) is 11.8 Å². The van der Waals surface area contributed by atoms with E-state index in [1.165, 1.54) is 36.6 Å². The lowest BCUT2D eigenvalue weighted by Crippen LogP contribution is -2.15. The highest BCUT2D eigenvalue weighted by Gasteiger charge is 2.37. The maximum atomic E-state index is 13.3. The summed E-state index contributed by atoms with van der Waals surface area (Å²) < 4.78 is 52.9. The fourth-order valence-electron chi connectivity index (χ4n) is 3.08. The van der Waals surface area contributed by atoms with E-state index in [-0.39, 0.29) is 34.0 Å². The minimum absolute atomic E-state index is 0.00987. The molecule has 0 fully saturated rings. The molecule has 9 heteroatoms. The third-order valence-corrected chi connectivity index (χ3v) is 8.22. The van der Waals surface area contributed by atoms with Gasteiger partial charge < -0.3 is 10.1 Å². The Hall–Kier alpha value is -2.65. The van der Waals surface area contributed by atoms with Crippen LogP contribution >= 0.6 is 0 Å². The summed E-state index contributed by atoms with van der Waals surface area (Å²) in [6.45, 7) is 2.82. The lowest BCUT2D eigenvalue weighted by atomic mass is 10.1. The summed E-state index contributed by atoms with van der Waals surface area (Å²) in [5.74, 6) is -1.28. The summed E-state index contributed by atoms with van der Waals surface area (Å²) >= 11 is 0. The van der Waals surface area contributed by atoms with E-state index in [2.05, 4.69) is 0 Å². The Morgan fingerprint density at radius 3 is 2.04 bits per heavy atom. The number of carbonyl (C=O) groups excluding carboxylic acids is 1. The highest BCUT2D eigenvalue weighted by Crippen LogP contribution is 2.37. The van der Waals surface area contributed by atoms with Gasteiger partial charge in [-0.05, 0) is 12.1 Å². The number of rotatable bonds is 6. The lowest BCUT2D eigenvalue weighted by molar-refractivity contribution is 0.103. The van der Waals surface area contributed by atoms with Crippen LogP contribution in [0.2, 0.25) is 0 Å². The van der Waals surface area contributed by atoms with Crippen molar-refractivity contribution in [2.45, 2.75) is 23.6 Å². The van der Waals surface area contributed by atoms with E-state index in [0.717, 1.165) is 0 Å². The van der Waals surface area contributed by atoms with Crippen molar-refractivity contribution in [1.29, 1.82) is 0 Å². The van der Waals surface area contributed by atoms with Gasteiger partial charge in [-0.1, -0.05) is 44.2 Å². The highest BCUT2D eigenvalue weighted by atomic mass is 32.2. The first-order valence-electron chi connectivity index (χ1n) is 8.63. The average Bonchev–Trinajstić information content (AvgIpc) is 3.06. The van der Waals surface area contributed by atoms with Crippen LogP contribution < -0.4 is 5.73 Å². The molecule has 7 nitrogen and oxygen atoms in total. The molecule has 0 aliphatic rings. The number of nitrogens with two attached hydrogens (primary N) is 1. The zero-order chi connectivity index (χ0) is 20.7. The summed E-state index contributed by atoms with van der Waals surface area (Å²) in [6, 6.07) is 11.1. The Morgan fingerprint density at radius 1 is 0.893 bits per heavy atom. The number of anilines is 1. The molecule has 2 aromatic heterocycles. The Labute approximate surface area is 163 Å². The molecule has 3 rings (SSSR count). The van der Waals surface area contributed by atoms with Crippen molar-refractivity contribution in [3.8, 4) is 0 Å². The van der Waals surface area contributed by atoms with Crippen LogP contribution in [0.3, 0.4) is 0 Å². The van der Waals surface area contributed by atoms with Gasteiger partial charge in [0.15, 0.2) is 19.7 Å². The van der Waals surface area contributed by atoms with Crippen molar-refractivity contribution < 1.29 is 21.6 Å². The number of sulfone groups is 2. The Morgan fingerprint density at radius 2 is 1.46 bits per heavy atom. The van der Waals surface area contributed by atoms with Crippen LogP contribution in [-0.4, -0.2) is 38.5 Å². The van der Waals surface area contributed by atoms with Crippen molar-refractivity contribution in [3.05, 3.63) is 59.9 Å². The second kappa shape index (κ2) is 7.06. The standard InChI is InChI=1S/C19H20N2O5S2/c1-3-27(23,24)18-15-14(20)11-8-12-21(15)16(19(18)28(25,26)4-2)17(22)13-9-6-5-7-10-13/h5-12H,3-4,20H2,1-2H3. The number of pyridine rings is 1. The predicted molar refractivity (Wildman–Crippen MR) is 107 cm³/mol. The molecular formula is C19H20N2O5S2. The maximum absolute atomic E-state index is 13.3. The highest BCUT2D eigenvalue weighted by molar-refractivity contribution is 7.94. The van der Waals surface area contributed by atoms with Crippen molar-refractivity contribution in [3.63, 3.8) is 0 Å². The molecule has 28 heavy (non-hydrogen) atoms. The van der Waals surface area contributed by atoms with Gasteiger partial charge in [-0.15, -0.1) is 0 Å². The first kappa shape index (κ1) is 20.1. The molecule has 0 unspecified atom stereocenters. The number of aromatic nitrogens is 1. The second-order valence-electron chi connectivity index (χ2n) is 6.19. The van der Waals surface area contributed by atoms with Gasteiger partial charge in [0.05, 0.1) is 22.7 Å². The van der Waals surface area contributed by atoms with Crippen molar-refractivity contribution in [2.24, 2.45) is 0 Å². The summed E-state index contributed by atoms with van der Waals surface area (Å²) in [4.78, 5) is 12.4. The zero-order valence-electron chi connectivity index (χ0n) is 15.4. The molecule has 0 aliphatic carbocycles. The zero-order valence-corrected chi connectivity index (χ0v) is 17.0. The minimum atomic E-state index is -4.06. The van der Waals surface area contributed by atoms with E-state index in [1.54, 1.807) is 30.3 Å². The Balaban J connectivity index is 2.60. The number of carbonyl (C=O) groups is 1. The first-order chi connectivity index (χ1) is 13.2. The molecule has 148 valence electrons. The molecule has 2 heterocycles. The van der Waals surface area contributed by atoms with Crippen molar-refractivity contribution >= 4 is 36.7 Å². The first-order valence-corrected chi connectivity index (χ1v) is 11.9. The lowest BCUT2D eigenvalue weighted by Gasteiger charge is -2.08. The number of hydrogen-bond acceptors (Lipinski definition) is 6.